The quantitative estimate of drug-likeness (QED) is 0.153. The van der Waals surface area contributed by atoms with Gasteiger partial charge in [-0.25, -0.2) is 4.18 Å². The first-order chi connectivity index (χ1) is 12.4. The van der Waals surface area contributed by atoms with Crippen LogP contribution in [-0.4, -0.2) is 123 Å². The molecule has 1 aliphatic rings. The third-order valence-electron chi connectivity index (χ3n) is 3.69. The summed E-state index contributed by atoms with van der Waals surface area (Å²) in [5, 5.41) is 66.1. The Morgan fingerprint density at radius 1 is 1.11 bits per heavy atom. The van der Waals surface area contributed by atoms with Crippen LogP contribution in [0.25, 0.3) is 0 Å². The van der Waals surface area contributed by atoms with Crippen LogP contribution in [0.5, 0.6) is 0 Å². The summed E-state index contributed by atoms with van der Waals surface area (Å²) >= 11 is 0. The number of carbonyl (C=O) groups is 1. The highest BCUT2D eigenvalue weighted by molar-refractivity contribution is 7.80. The molecular formula is C12H22O14S. The monoisotopic (exact) mass is 422 g/mol. The zero-order valence-corrected chi connectivity index (χ0v) is 14.5. The third-order valence-corrected chi connectivity index (χ3v) is 4.16. The van der Waals surface area contributed by atoms with Crippen molar-refractivity contribution in [2.24, 2.45) is 0 Å². The Morgan fingerprint density at radius 2 is 1.70 bits per heavy atom. The average Bonchev–Trinajstić information content (AvgIpc) is 2.61. The molecule has 14 nitrogen and oxygen atoms in total. The second kappa shape index (κ2) is 10.1. The fraction of sp³-hybridized carbons (Fsp3) is 0.917. The number of Topliss-reactive ketones (excluding diaryl/α,β-unsaturated/α-hetero) is 1. The summed E-state index contributed by atoms with van der Waals surface area (Å²) in [4.78, 5) is 11.1. The molecule has 1 rings (SSSR count). The van der Waals surface area contributed by atoms with E-state index in [1.807, 2.05) is 0 Å². The van der Waals surface area contributed by atoms with Gasteiger partial charge in [0, 0.05) is 0 Å². The van der Waals surface area contributed by atoms with Gasteiger partial charge in [0.25, 0.3) is 0 Å². The van der Waals surface area contributed by atoms with E-state index in [0.717, 1.165) is 0 Å². The number of hydrogen-bond donors (Lipinski definition) is 8. The summed E-state index contributed by atoms with van der Waals surface area (Å²) in [6.45, 7) is -2.84. The van der Waals surface area contributed by atoms with Gasteiger partial charge >= 0.3 is 10.4 Å². The van der Waals surface area contributed by atoms with Gasteiger partial charge in [0.2, 0.25) is 0 Å². The molecule has 0 saturated carbocycles. The Hall–Kier alpha value is -0.820. The molecule has 0 bridgehead atoms. The molecule has 8 atom stereocenters. The summed E-state index contributed by atoms with van der Waals surface area (Å²) in [7, 11) is -5.14. The summed E-state index contributed by atoms with van der Waals surface area (Å²) in [5.74, 6) is -1.19. The summed E-state index contributed by atoms with van der Waals surface area (Å²) < 4.78 is 44.6. The first-order valence-corrected chi connectivity index (χ1v) is 8.87. The first-order valence-electron chi connectivity index (χ1n) is 7.50. The van der Waals surface area contributed by atoms with Gasteiger partial charge in [-0.1, -0.05) is 0 Å². The van der Waals surface area contributed by atoms with Gasteiger partial charge in [0.15, 0.2) is 18.2 Å². The van der Waals surface area contributed by atoms with E-state index in [1.54, 1.807) is 0 Å². The molecule has 8 N–H and O–H groups in total. The fourth-order valence-electron chi connectivity index (χ4n) is 2.22. The minimum absolute atomic E-state index is 0.828. The Bertz CT molecular complexity index is 581. The molecule has 27 heavy (non-hydrogen) atoms. The maximum atomic E-state index is 11.1. The molecule has 1 heterocycles. The normalized spacial score (nSPS) is 32.7. The largest absolute Gasteiger partial charge is 0.397 e. The summed E-state index contributed by atoms with van der Waals surface area (Å²) in [6.07, 6.45) is -15.4. The van der Waals surface area contributed by atoms with Crippen LogP contribution in [0.3, 0.4) is 0 Å². The van der Waals surface area contributed by atoms with Gasteiger partial charge in [-0.15, -0.1) is 0 Å². The molecule has 160 valence electrons. The van der Waals surface area contributed by atoms with Crippen LogP contribution in [0.4, 0.5) is 0 Å². The average molecular weight is 422 g/mol. The van der Waals surface area contributed by atoms with Gasteiger partial charge in [0.1, 0.15) is 43.2 Å². The summed E-state index contributed by atoms with van der Waals surface area (Å²) in [5.41, 5.74) is 0. The zero-order valence-electron chi connectivity index (χ0n) is 13.7. The van der Waals surface area contributed by atoms with Crippen LogP contribution < -0.4 is 0 Å². The van der Waals surface area contributed by atoms with E-state index in [1.165, 1.54) is 0 Å². The molecular weight excluding hydrogens is 400 g/mol. The van der Waals surface area contributed by atoms with E-state index < -0.39 is 85.0 Å². The predicted octanol–water partition coefficient (Wildman–Crippen LogP) is -5.73. The second-order valence-electron chi connectivity index (χ2n) is 5.66. The number of hydrogen-bond acceptors (Lipinski definition) is 13. The van der Waals surface area contributed by atoms with Gasteiger partial charge in [-0.3, -0.25) is 9.35 Å². The Labute approximate surface area is 153 Å². The van der Waals surface area contributed by atoms with Gasteiger partial charge in [-0.2, -0.15) is 8.42 Å². The molecule has 1 fully saturated rings. The Morgan fingerprint density at radius 3 is 2.19 bits per heavy atom. The van der Waals surface area contributed by atoms with E-state index in [2.05, 4.69) is 4.18 Å². The van der Waals surface area contributed by atoms with E-state index in [4.69, 9.17) is 24.2 Å². The molecule has 0 aromatic heterocycles. The molecule has 0 aliphatic carbocycles. The summed E-state index contributed by atoms with van der Waals surface area (Å²) in [6, 6.07) is 0. The Kier molecular flexibility index (Phi) is 9.06. The van der Waals surface area contributed by atoms with Crippen LogP contribution in [0.15, 0.2) is 0 Å². The highest BCUT2D eigenvalue weighted by atomic mass is 32.3. The third kappa shape index (κ3) is 6.63. The molecule has 0 unspecified atom stereocenters. The predicted molar refractivity (Wildman–Crippen MR) is 80.2 cm³/mol. The van der Waals surface area contributed by atoms with Gasteiger partial charge in [-0.05, 0) is 0 Å². The molecule has 15 heteroatoms. The lowest BCUT2D eigenvalue weighted by atomic mass is 9.99. The topological polar surface area (TPSA) is 241 Å². The van der Waals surface area contributed by atoms with E-state index >= 15 is 0 Å². The molecule has 0 aromatic rings. The minimum Gasteiger partial charge on any atom is -0.394 e. The van der Waals surface area contributed by atoms with Crippen molar-refractivity contribution in [2.45, 2.75) is 49.0 Å². The molecule has 1 aliphatic heterocycles. The van der Waals surface area contributed by atoms with Crippen molar-refractivity contribution in [1.82, 2.24) is 0 Å². The van der Waals surface area contributed by atoms with Crippen LogP contribution in [0.2, 0.25) is 0 Å². The Balaban J connectivity index is 2.84. The number of ketones is 1. The van der Waals surface area contributed by atoms with Crippen molar-refractivity contribution in [3.8, 4) is 0 Å². The lowest BCUT2D eigenvalue weighted by molar-refractivity contribution is -0.301. The molecule has 0 radical (unpaired) electrons. The maximum absolute atomic E-state index is 11.1. The lowest BCUT2D eigenvalue weighted by Gasteiger charge is -2.41. The van der Waals surface area contributed by atoms with Crippen LogP contribution >= 0.6 is 0 Å². The molecule has 0 aromatic carbocycles. The highest BCUT2D eigenvalue weighted by Gasteiger charge is 2.48. The second-order valence-corrected chi connectivity index (χ2v) is 6.70. The minimum atomic E-state index is -5.14. The zero-order chi connectivity index (χ0) is 20.9. The van der Waals surface area contributed by atoms with E-state index in [9.17, 15) is 38.7 Å². The van der Waals surface area contributed by atoms with Crippen LogP contribution in [0, 0.1) is 0 Å². The van der Waals surface area contributed by atoms with Crippen molar-refractivity contribution in [3.05, 3.63) is 0 Å². The van der Waals surface area contributed by atoms with Crippen molar-refractivity contribution in [3.63, 3.8) is 0 Å². The standard InChI is InChI=1S/C12H22O14S/c13-1-4(15)7(17)8(18)5(16)3-24-12-11(26-27(21,22)23)10(20)9(19)6(2-14)25-12/h5-14,16-20H,1-3H2,(H,21,22,23)/t5-,6-,7-,8-,9-,10+,11-,12+/m1/s1. The number of carbonyl (C=O) groups excluding carboxylic acids is 1. The van der Waals surface area contributed by atoms with Crippen LogP contribution in [0.1, 0.15) is 0 Å². The molecule has 0 amide bonds. The van der Waals surface area contributed by atoms with Gasteiger partial charge < -0.3 is 45.2 Å². The van der Waals surface area contributed by atoms with Crippen molar-refractivity contribution in [1.29, 1.82) is 0 Å². The number of aliphatic hydroxyl groups excluding tert-OH is 7. The highest BCUT2D eigenvalue weighted by Crippen LogP contribution is 2.25. The van der Waals surface area contributed by atoms with Gasteiger partial charge in [0.05, 0.1) is 13.2 Å². The lowest BCUT2D eigenvalue weighted by Crippen LogP contribution is -2.60. The van der Waals surface area contributed by atoms with Crippen molar-refractivity contribution < 1.29 is 67.2 Å². The van der Waals surface area contributed by atoms with E-state index in [0.29, 0.717) is 0 Å². The first kappa shape index (κ1) is 24.2. The molecule has 1 saturated heterocycles. The number of rotatable bonds is 10. The van der Waals surface area contributed by atoms with Crippen molar-refractivity contribution >= 4 is 16.2 Å². The fourth-order valence-corrected chi connectivity index (χ4v) is 2.71. The van der Waals surface area contributed by atoms with Crippen molar-refractivity contribution in [2.75, 3.05) is 19.8 Å². The smallest absolute Gasteiger partial charge is 0.394 e. The SMILES string of the molecule is O=C(CO)[C@@H](O)[C@H](O)[C@H](O)CO[C@H]1O[C@H](CO)[C@@H](O)[C@H](O)[C@H]1OS(=O)(=O)O. The number of ether oxygens (including phenoxy) is 2. The number of aliphatic hydroxyl groups is 7. The van der Waals surface area contributed by atoms with Crippen LogP contribution in [-0.2, 0) is 28.9 Å². The maximum Gasteiger partial charge on any atom is 0.397 e. The van der Waals surface area contributed by atoms with E-state index in [-0.39, 0.29) is 0 Å². The molecule has 0 spiro atoms.